The van der Waals surface area contributed by atoms with Crippen molar-refractivity contribution in [3.05, 3.63) is 11.6 Å². The van der Waals surface area contributed by atoms with Gasteiger partial charge in [-0.2, -0.15) is 0 Å². The molecule has 18 heavy (non-hydrogen) atoms. The van der Waals surface area contributed by atoms with Crippen molar-refractivity contribution in [3.63, 3.8) is 0 Å². The van der Waals surface area contributed by atoms with Crippen LogP contribution in [0.25, 0.3) is 0 Å². The van der Waals surface area contributed by atoms with Crippen molar-refractivity contribution in [1.82, 2.24) is 10.2 Å². The van der Waals surface area contributed by atoms with Gasteiger partial charge in [-0.3, -0.25) is 0 Å². The summed E-state index contributed by atoms with van der Waals surface area (Å²) in [6, 6.07) is -0.00720. The van der Waals surface area contributed by atoms with E-state index in [2.05, 4.69) is 25.2 Å². The van der Waals surface area contributed by atoms with E-state index in [0.29, 0.717) is 13.1 Å². The summed E-state index contributed by atoms with van der Waals surface area (Å²) in [5.74, 6) is 0. The molecular formula is C14H26N2O2. The number of likely N-dealkylation sites (tertiary alicyclic amines) is 1. The summed E-state index contributed by atoms with van der Waals surface area (Å²) >= 11 is 0. The van der Waals surface area contributed by atoms with E-state index in [1.807, 2.05) is 11.8 Å². The molecule has 1 heterocycles. The highest BCUT2D eigenvalue weighted by molar-refractivity contribution is 5.74. The van der Waals surface area contributed by atoms with Gasteiger partial charge in [0.25, 0.3) is 0 Å². The molecular weight excluding hydrogens is 228 g/mol. The van der Waals surface area contributed by atoms with E-state index in [4.69, 9.17) is 0 Å². The van der Waals surface area contributed by atoms with E-state index in [1.54, 1.807) is 0 Å². The fourth-order valence-corrected chi connectivity index (χ4v) is 2.43. The minimum atomic E-state index is -0.152. The topological polar surface area (TPSA) is 52.6 Å². The fraction of sp³-hybridized carbons (Fsp3) is 0.786. The average Bonchev–Trinajstić information content (AvgIpc) is 2.37. The predicted molar refractivity (Wildman–Crippen MR) is 73.4 cm³/mol. The molecule has 1 fully saturated rings. The van der Waals surface area contributed by atoms with E-state index in [9.17, 15) is 9.90 Å². The van der Waals surface area contributed by atoms with Gasteiger partial charge in [-0.05, 0) is 40.0 Å². The van der Waals surface area contributed by atoms with E-state index >= 15 is 0 Å². The van der Waals surface area contributed by atoms with Crippen molar-refractivity contribution >= 4 is 6.03 Å². The maximum Gasteiger partial charge on any atom is 0.317 e. The maximum atomic E-state index is 11.9. The minimum Gasteiger partial charge on any atom is -0.396 e. The molecule has 1 saturated heterocycles. The van der Waals surface area contributed by atoms with Crippen molar-refractivity contribution in [2.75, 3.05) is 26.2 Å². The molecule has 0 saturated carbocycles. The normalized spacial score (nSPS) is 23.7. The second-order valence-electron chi connectivity index (χ2n) is 5.50. The molecule has 1 rings (SSSR count). The van der Waals surface area contributed by atoms with Crippen LogP contribution in [0.5, 0.6) is 0 Å². The Bertz CT molecular complexity index is 311. The molecule has 2 amide bonds. The van der Waals surface area contributed by atoms with Crippen LogP contribution < -0.4 is 5.32 Å². The van der Waals surface area contributed by atoms with Crippen LogP contribution in [0.3, 0.4) is 0 Å². The second kappa shape index (κ2) is 6.78. The summed E-state index contributed by atoms with van der Waals surface area (Å²) in [6.07, 6.45) is 4.97. The zero-order valence-corrected chi connectivity index (χ0v) is 11.8. The predicted octanol–water partition coefficient (Wildman–Crippen LogP) is 2.15. The van der Waals surface area contributed by atoms with Gasteiger partial charge in [0.05, 0.1) is 6.61 Å². The number of carbonyl (C=O) groups is 1. The third-order valence-corrected chi connectivity index (χ3v) is 3.56. The first-order valence-corrected chi connectivity index (χ1v) is 6.80. The summed E-state index contributed by atoms with van der Waals surface area (Å²) in [7, 11) is 0. The number of piperidine rings is 1. The van der Waals surface area contributed by atoms with Gasteiger partial charge >= 0.3 is 6.03 Å². The molecule has 4 heteroatoms. The number of hydrogen-bond acceptors (Lipinski definition) is 2. The maximum absolute atomic E-state index is 11.9. The first-order chi connectivity index (χ1) is 8.53. The first-order valence-electron chi connectivity index (χ1n) is 6.80. The van der Waals surface area contributed by atoms with E-state index in [1.165, 1.54) is 5.57 Å². The summed E-state index contributed by atoms with van der Waals surface area (Å²) < 4.78 is 0. The quantitative estimate of drug-likeness (QED) is 0.755. The van der Waals surface area contributed by atoms with Gasteiger partial charge in [-0.1, -0.05) is 11.6 Å². The number of allylic oxidation sites excluding steroid dienone is 2. The number of nitrogens with one attached hydrogen (secondary N) is 1. The molecule has 4 nitrogen and oxygen atoms in total. The molecule has 104 valence electrons. The minimum absolute atomic E-state index is 0.00720. The van der Waals surface area contributed by atoms with Gasteiger partial charge < -0.3 is 15.3 Å². The standard InChI is InChI=1S/C14H26N2O2/c1-4-15-13(18)16-9-5-7-14(10-16,11-17)8-6-12(2)3/h6,17H,4-5,7-11H2,1-3H3,(H,15,18). The Hall–Kier alpha value is -1.03. The van der Waals surface area contributed by atoms with Crippen LogP contribution in [0.2, 0.25) is 0 Å². The van der Waals surface area contributed by atoms with Crippen LogP contribution in [0.15, 0.2) is 11.6 Å². The van der Waals surface area contributed by atoms with E-state index in [0.717, 1.165) is 25.8 Å². The fourth-order valence-electron chi connectivity index (χ4n) is 2.43. The number of aliphatic hydroxyl groups excluding tert-OH is 1. The SMILES string of the molecule is CCNC(=O)N1CCCC(CO)(CC=C(C)C)C1. The van der Waals surface area contributed by atoms with Gasteiger partial charge in [0, 0.05) is 25.0 Å². The summed E-state index contributed by atoms with van der Waals surface area (Å²) in [5, 5.41) is 12.5. The lowest BCUT2D eigenvalue weighted by Crippen LogP contribution is -2.51. The zero-order chi connectivity index (χ0) is 13.6. The van der Waals surface area contributed by atoms with Crippen molar-refractivity contribution < 1.29 is 9.90 Å². The van der Waals surface area contributed by atoms with Crippen LogP contribution in [-0.4, -0.2) is 42.3 Å². The Morgan fingerprint density at radius 1 is 1.50 bits per heavy atom. The van der Waals surface area contributed by atoms with Crippen molar-refractivity contribution in [1.29, 1.82) is 0 Å². The number of aliphatic hydroxyl groups is 1. The molecule has 0 aromatic carbocycles. The molecule has 0 aromatic rings. The monoisotopic (exact) mass is 254 g/mol. The summed E-state index contributed by atoms with van der Waals surface area (Å²) in [6.45, 7) is 8.29. The highest BCUT2D eigenvalue weighted by Gasteiger charge is 2.35. The van der Waals surface area contributed by atoms with Crippen LogP contribution in [0.1, 0.15) is 40.0 Å². The molecule has 0 aromatic heterocycles. The lowest BCUT2D eigenvalue weighted by Gasteiger charge is -2.41. The Kier molecular flexibility index (Phi) is 5.66. The van der Waals surface area contributed by atoms with Gasteiger partial charge in [-0.25, -0.2) is 4.79 Å². The van der Waals surface area contributed by atoms with E-state index < -0.39 is 0 Å². The molecule has 1 aliphatic rings. The van der Waals surface area contributed by atoms with Crippen LogP contribution in [0, 0.1) is 5.41 Å². The lowest BCUT2D eigenvalue weighted by molar-refractivity contribution is 0.0492. The number of amides is 2. The van der Waals surface area contributed by atoms with Crippen LogP contribution in [0.4, 0.5) is 4.79 Å². The van der Waals surface area contributed by atoms with Crippen molar-refractivity contribution in [3.8, 4) is 0 Å². The number of nitrogens with zero attached hydrogens (tertiary/aromatic N) is 1. The molecule has 0 bridgehead atoms. The smallest absolute Gasteiger partial charge is 0.317 e. The number of hydrogen-bond donors (Lipinski definition) is 2. The van der Waals surface area contributed by atoms with Gasteiger partial charge in [-0.15, -0.1) is 0 Å². The Morgan fingerprint density at radius 3 is 2.78 bits per heavy atom. The lowest BCUT2D eigenvalue weighted by atomic mass is 9.77. The molecule has 1 atom stereocenters. The molecule has 0 radical (unpaired) electrons. The first kappa shape index (κ1) is 15.0. The molecule has 1 aliphatic heterocycles. The molecule has 1 unspecified atom stereocenters. The molecule has 0 spiro atoms. The Labute approximate surface area is 110 Å². The number of carbonyl (C=O) groups excluding carboxylic acids is 1. The van der Waals surface area contributed by atoms with Crippen molar-refractivity contribution in [2.45, 2.75) is 40.0 Å². The number of rotatable bonds is 4. The van der Waals surface area contributed by atoms with Gasteiger partial charge in [0.2, 0.25) is 0 Å². The van der Waals surface area contributed by atoms with Crippen LogP contribution in [-0.2, 0) is 0 Å². The van der Waals surface area contributed by atoms with Gasteiger partial charge in [0.1, 0.15) is 0 Å². The second-order valence-corrected chi connectivity index (χ2v) is 5.50. The third-order valence-electron chi connectivity index (χ3n) is 3.56. The largest absolute Gasteiger partial charge is 0.396 e. The summed E-state index contributed by atoms with van der Waals surface area (Å²) in [4.78, 5) is 13.7. The zero-order valence-electron chi connectivity index (χ0n) is 11.8. The highest BCUT2D eigenvalue weighted by atomic mass is 16.3. The average molecular weight is 254 g/mol. The molecule has 0 aliphatic carbocycles. The van der Waals surface area contributed by atoms with Crippen molar-refractivity contribution in [2.24, 2.45) is 5.41 Å². The Morgan fingerprint density at radius 2 is 2.22 bits per heavy atom. The molecule has 2 N–H and O–H groups in total. The van der Waals surface area contributed by atoms with Gasteiger partial charge in [0.15, 0.2) is 0 Å². The van der Waals surface area contributed by atoms with Crippen LogP contribution >= 0.6 is 0 Å². The third kappa shape index (κ3) is 4.02. The summed E-state index contributed by atoms with van der Waals surface area (Å²) in [5.41, 5.74) is 1.11. The Balaban J connectivity index is 2.69. The highest BCUT2D eigenvalue weighted by Crippen LogP contribution is 2.33. The number of urea groups is 1. The van der Waals surface area contributed by atoms with E-state index in [-0.39, 0.29) is 18.1 Å².